The van der Waals surface area contributed by atoms with Gasteiger partial charge in [0.1, 0.15) is 5.82 Å². The first-order valence-electron chi connectivity index (χ1n) is 8.02. The van der Waals surface area contributed by atoms with E-state index in [4.69, 9.17) is 0 Å². The number of allylic oxidation sites excluding steroid dienone is 3. The van der Waals surface area contributed by atoms with Gasteiger partial charge in [-0.15, -0.1) is 10.2 Å². The van der Waals surface area contributed by atoms with Gasteiger partial charge in [0.2, 0.25) is 5.82 Å². The van der Waals surface area contributed by atoms with Crippen LogP contribution in [0.5, 0.6) is 0 Å². The fourth-order valence-electron chi connectivity index (χ4n) is 3.12. The Bertz CT molecular complexity index is 871. The molecule has 0 radical (unpaired) electrons. The molecule has 1 saturated carbocycles. The van der Waals surface area contributed by atoms with Crippen molar-refractivity contribution in [3.05, 3.63) is 53.0 Å². The second kappa shape index (κ2) is 6.28. The molecule has 0 amide bonds. The van der Waals surface area contributed by atoms with Crippen molar-refractivity contribution in [3.8, 4) is 23.2 Å². The summed E-state index contributed by atoms with van der Waals surface area (Å²) >= 11 is 0. The molecule has 1 fully saturated rings. The first kappa shape index (κ1) is 14.6. The average Bonchev–Trinajstić information content (AvgIpc) is 3.14. The van der Waals surface area contributed by atoms with E-state index in [1.165, 1.54) is 30.5 Å². The average molecular weight is 321 g/mol. The number of aromatic amines is 1. The summed E-state index contributed by atoms with van der Waals surface area (Å²) in [5.74, 6) is 6.09. The number of hydrogen-bond donors (Lipinski definition) is 2. The van der Waals surface area contributed by atoms with E-state index in [1.807, 2.05) is 6.08 Å². The molecule has 1 atom stereocenters. The van der Waals surface area contributed by atoms with Gasteiger partial charge in [0.15, 0.2) is 0 Å². The molecule has 0 bridgehead atoms. The molecule has 2 N–H and O–H groups in total. The molecule has 4 rings (SSSR count). The predicted octanol–water partition coefficient (Wildman–Crippen LogP) is 2.71. The number of H-pyrrole nitrogens is 1. The number of hydrogen-bond acceptors (Lipinski definition) is 4. The van der Waals surface area contributed by atoms with E-state index in [2.05, 4.69) is 43.9 Å². The lowest BCUT2D eigenvalue weighted by Gasteiger charge is -2.29. The minimum absolute atomic E-state index is 0.349. The number of benzene rings is 1. The Hall–Kier alpha value is -2.94. The lowest BCUT2D eigenvalue weighted by molar-refractivity contribution is 0.484. The molecular weight excluding hydrogens is 305 g/mol. The number of dihydropyridines is 1. The molecule has 1 aliphatic carbocycles. The first-order chi connectivity index (χ1) is 11.8. The highest BCUT2D eigenvalue weighted by Gasteiger charge is 2.20. The third kappa shape index (κ3) is 3.06. The molecule has 2 heterocycles. The molecule has 1 aliphatic heterocycles. The lowest BCUT2D eigenvalue weighted by atomic mass is 9.88. The molecule has 2 aliphatic rings. The third-order valence-electron chi connectivity index (χ3n) is 4.29. The SMILES string of the molecule is Fc1cc(C#CC2=CC=C3CCCCC3N2)cc(-c2nn[nH]n2)c1. The maximum absolute atomic E-state index is 13.8. The van der Waals surface area contributed by atoms with Crippen LogP contribution in [0.1, 0.15) is 31.2 Å². The number of fused-ring (bicyclic) bond motifs is 1. The molecule has 0 saturated heterocycles. The monoisotopic (exact) mass is 321 g/mol. The normalized spacial score (nSPS) is 19.3. The zero-order valence-corrected chi connectivity index (χ0v) is 13.0. The number of halogens is 1. The minimum atomic E-state index is -0.373. The Morgan fingerprint density at radius 1 is 1.12 bits per heavy atom. The number of tetrazole rings is 1. The van der Waals surface area contributed by atoms with Crippen LogP contribution in [0.3, 0.4) is 0 Å². The van der Waals surface area contributed by atoms with E-state index >= 15 is 0 Å². The summed E-state index contributed by atoms with van der Waals surface area (Å²) in [5.41, 5.74) is 3.46. The summed E-state index contributed by atoms with van der Waals surface area (Å²) in [6.45, 7) is 0. The van der Waals surface area contributed by atoms with Crippen LogP contribution in [0.25, 0.3) is 11.4 Å². The number of nitrogens with zero attached hydrogens (tertiary/aromatic N) is 3. The second-order valence-corrected chi connectivity index (χ2v) is 5.98. The summed E-state index contributed by atoms with van der Waals surface area (Å²) in [7, 11) is 0. The Labute approximate surface area is 139 Å². The smallest absolute Gasteiger partial charge is 0.204 e. The van der Waals surface area contributed by atoms with Crippen LogP contribution in [0.15, 0.2) is 41.6 Å². The molecule has 5 nitrogen and oxygen atoms in total. The Kier molecular flexibility index (Phi) is 3.83. The fourth-order valence-corrected chi connectivity index (χ4v) is 3.12. The minimum Gasteiger partial charge on any atom is -0.372 e. The zero-order chi connectivity index (χ0) is 16.4. The van der Waals surface area contributed by atoms with Crippen LogP contribution < -0.4 is 5.32 Å². The van der Waals surface area contributed by atoms with Gasteiger partial charge in [-0.2, -0.15) is 5.21 Å². The summed E-state index contributed by atoms with van der Waals surface area (Å²) in [6.07, 6.45) is 8.98. The Balaban J connectivity index is 1.59. The van der Waals surface area contributed by atoms with E-state index in [1.54, 1.807) is 6.07 Å². The van der Waals surface area contributed by atoms with Crippen LogP contribution in [0, 0.1) is 17.7 Å². The third-order valence-corrected chi connectivity index (χ3v) is 4.29. The second-order valence-electron chi connectivity index (χ2n) is 5.98. The lowest BCUT2D eigenvalue weighted by Crippen LogP contribution is -2.34. The van der Waals surface area contributed by atoms with Crippen molar-refractivity contribution in [2.24, 2.45) is 0 Å². The van der Waals surface area contributed by atoms with Gasteiger partial charge in [0.05, 0.1) is 5.70 Å². The van der Waals surface area contributed by atoms with E-state index in [0.29, 0.717) is 23.0 Å². The maximum Gasteiger partial charge on any atom is 0.204 e. The van der Waals surface area contributed by atoms with E-state index in [-0.39, 0.29) is 5.82 Å². The largest absolute Gasteiger partial charge is 0.372 e. The Morgan fingerprint density at radius 2 is 2.08 bits per heavy atom. The standard InChI is InChI=1S/C18H16FN5/c19-15-10-12(9-14(11-15)18-21-23-24-22-18)5-7-16-8-6-13-3-1-2-4-17(13)20-16/h6,8-11,17,20H,1-4H2,(H,21,22,23,24). The molecule has 0 spiro atoms. The van der Waals surface area contributed by atoms with Crippen molar-refractivity contribution < 1.29 is 4.39 Å². The molecule has 1 aromatic carbocycles. The molecular formula is C18H16FN5. The van der Waals surface area contributed by atoms with Gasteiger partial charge in [0.25, 0.3) is 0 Å². The van der Waals surface area contributed by atoms with Crippen molar-refractivity contribution in [2.45, 2.75) is 31.7 Å². The molecule has 24 heavy (non-hydrogen) atoms. The summed E-state index contributed by atoms with van der Waals surface area (Å²) in [6, 6.07) is 4.93. The van der Waals surface area contributed by atoms with E-state index in [0.717, 1.165) is 18.5 Å². The Morgan fingerprint density at radius 3 is 2.96 bits per heavy atom. The topological polar surface area (TPSA) is 66.5 Å². The highest BCUT2D eigenvalue weighted by atomic mass is 19.1. The number of rotatable bonds is 1. The van der Waals surface area contributed by atoms with Crippen molar-refractivity contribution in [1.29, 1.82) is 0 Å². The quantitative estimate of drug-likeness (QED) is 0.793. The summed E-state index contributed by atoms with van der Waals surface area (Å²) in [4.78, 5) is 0. The van der Waals surface area contributed by atoms with E-state index in [9.17, 15) is 4.39 Å². The van der Waals surface area contributed by atoms with Crippen molar-refractivity contribution in [3.63, 3.8) is 0 Å². The van der Waals surface area contributed by atoms with E-state index < -0.39 is 0 Å². The van der Waals surface area contributed by atoms with Crippen LogP contribution in [0.2, 0.25) is 0 Å². The molecule has 1 aromatic heterocycles. The number of aromatic nitrogens is 4. The van der Waals surface area contributed by atoms with Crippen molar-refractivity contribution in [1.82, 2.24) is 25.9 Å². The first-order valence-corrected chi connectivity index (χ1v) is 8.02. The highest BCUT2D eigenvalue weighted by molar-refractivity contribution is 5.58. The van der Waals surface area contributed by atoms with Crippen molar-refractivity contribution in [2.75, 3.05) is 0 Å². The van der Waals surface area contributed by atoms with Crippen LogP contribution in [-0.2, 0) is 0 Å². The van der Waals surface area contributed by atoms with Crippen molar-refractivity contribution >= 4 is 0 Å². The van der Waals surface area contributed by atoms with Gasteiger partial charge < -0.3 is 5.32 Å². The molecule has 2 aromatic rings. The van der Waals surface area contributed by atoms with Gasteiger partial charge in [-0.25, -0.2) is 4.39 Å². The fraction of sp³-hybridized carbons (Fsp3) is 0.278. The maximum atomic E-state index is 13.8. The van der Waals surface area contributed by atoms with Gasteiger partial charge in [-0.1, -0.05) is 18.4 Å². The van der Waals surface area contributed by atoms with Crippen LogP contribution >= 0.6 is 0 Å². The van der Waals surface area contributed by atoms with Gasteiger partial charge in [-0.3, -0.25) is 0 Å². The molecule has 6 heteroatoms. The van der Waals surface area contributed by atoms with Crippen LogP contribution in [0.4, 0.5) is 4.39 Å². The summed E-state index contributed by atoms with van der Waals surface area (Å²) < 4.78 is 13.8. The van der Waals surface area contributed by atoms with Gasteiger partial charge in [0, 0.05) is 17.2 Å². The zero-order valence-electron chi connectivity index (χ0n) is 13.0. The predicted molar refractivity (Wildman–Crippen MR) is 88.0 cm³/mol. The van der Waals surface area contributed by atoms with Gasteiger partial charge >= 0.3 is 0 Å². The van der Waals surface area contributed by atoms with Gasteiger partial charge in [-0.05, 0) is 60.2 Å². The highest BCUT2D eigenvalue weighted by Crippen LogP contribution is 2.26. The summed E-state index contributed by atoms with van der Waals surface area (Å²) in [5, 5.41) is 17.1. The van der Waals surface area contributed by atoms with Crippen LogP contribution in [-0.4, -0.2) is 26.7 Å². The number of nitrogens with one attached hydrogen (secondary N) is 2. The molecule has 1 unspecified atom stereocenters. The molecule has 120 valence electrons.